The van der Waals surface area contributed by atoms with E-state index in [1.165, 1.54) is 57.8 Å². The second-order valence-electron chi connectivity index (χ2n) is 13.0. The van der Waals surface area contributed by atoms with Gasteiger partial charge in [-0.3, -0.25) is 14.5 Å². The molecule has 0 radical (unpaired) electrons. The van der Waals surface area contributed by atoms with E-state index in [0.29, 0.717) is 36.7 Å². The maximum Gasteiger partial charge on any atom is 0.229 e. The van der Waals surface area contributed by atoms with E-state index in [0.717, 1.165) is 66.4 Å². The Balaban J connectivity index is 0.971. The van der Waals surface area contributed by atoms with Crippen molar-refractivity contribution < 1.29 is 9.53 Å². The molecule has 6 heterocycles. The predicted molar refractivity (Wildman–Crippen MR) is 159 cm³/mol. The van der Waals surface area contributed by atoms with Crippen molar-refractivity contribution in [2.24, 2.45) is 16.8 Å². The summed E-state index contributed by atoms with van der Waals surface area (Å²) in [5, 5.41) is 11.8. The Kier molecular flexibility index (Phi) is 7.43. The Morgan fingerprint density at radius 3 is 2.59 bits per heavy atom. The van der Waals surface area contributed by atoms with Crippen LogP contribution in [0.25, 0.3) is 0 Å². The number of aromatic nitrogens is 4. The molecule has 5 fully saturated rings. The van der Waals surface area contributed by atoms with Crippen molar-refractivity contribution in [3.8, 4) is 0 Å². The highest BCUT2D eigenvalue weighted by Crippen LogP contribution is 2.43. The maximum absolute atomic E-state index is 12.0. The van der Waals surface area contributed by atoms with Gasteiger partial charge in [0.25, 0.3) is 0 Å². The van der Waals surface area contributed by atoms with E-state index in [1.807, 2.05) is 10.9 Å². The monoisotopic (exact) mass is 560 g/mol. The first kappa shape index (κ1) is 26.9. The lowest BCUT2D eigenvalue weighted by Gasteiger charge is -2.47. The Bertz CT molecular complexity index is 1290. The molecule has 10 nitrogen and oxygen atoms in total. The highest BCUT2D eigenvalue weighted by atomic mass is 16.5. The van der Waals surface area contributed by atoms with Gasteiger partial charge in [-0.2, -0.15) is 10.1 Å². The number of anilines is 3. The summed E-state index contributed by atoms with van der Waals surface area (Å²) >= 11 is 0. The normalized spacial score (nSPS) is 29.8. The van der Waals surface area contributed by atoms with Crippen LogP contribution in [0.2, 0.25) is 0 Å². The number of nitrogens with one attached hydrogen (secondary N) is 2. The molecule has 1 amide bonds. The van der Waals surface area contributed by atoms with Crippen LogP contribution in [0.1, 0.15) is 102 Å². The topological polar surface area (TPSA) is 110 Å². The van der Waals surface area contributed by atoms with E-state index in [4.69, 9.17) is 14.7 Å². The van der Waals surface area contributed by atoms with Crippen LogP contribution in [0.5, 0.6) is 0 Å². The Morgan fingerprint density at radius 2 is 1.78 bits per heavy atom. The van der Waals surface area contributed by atoms with Crippen molar-refractivity contribution in [3.05, 3.63) is 23.7 Å². The molecule has 2 aromatic heterocycles. The van der Waals surface area contributed by atoms with Gasteiger partial charge in [-0.05, 0) is 89.4 Å². The van der Waals surface area contributed by atoms with Gasteiger partial charge in [-0.1, -0.05) is 0 Å². The number of hydrogen-bond acceptors (Lipinski definition) is 8. The van der Waals surface area contributed by atoms with Gasteiger partial charge in [0.2, 0.25) is 11.9 Å². The van der Waals surface area contributed by atoms with Crippen LogP contribution in [0.3, 0.4) is 0 Å². The SMILES string of the molecule is CC(=O)N1C2CCC(CC3CCC(Nc4nc(Nc5cnn(C6CCOCC6)c5)nc5c4C(C)=NC5)CC3)CC1C2. The molecule has 3 atom stereocenters. The van der Waals surface area contributed by atoms with Gasteiger partial charge >= 0.3 is 0 Å². The van der Waals surface area contributed by atoms with E-state index in [-0.39, 0.29) is 5.91 Å². The molecule has 220 valence electrons. The Hall–Kier alpha value is -3.01. The lowest BCUT2D eigenvalue weighted by Crippen LogP contribution is -2.56. The third-order valence-electron chi connectivity index (χ3n) is 10.3. The van der Waals surface area contributed by atoms with Crippen LogP contribution in [-0.2, 0) is 16.1 Å². The molecular formula is C31H44N8O2. The molecule has 10 heteroatoms. The van der Waals surface area contributed by atoms with Crippen molar-refractivity contribution in [1.82, 2.24) is 24.6 Å². The van der Waals surface area contributed by atoms with Gasteiger partial charge < -0.3 is 20.3 Å². The molecule has 2 N–H and O–H groups in total. The van der Waals surface area contributed by atoms with E-state index in [2.05, 4.69) is 38.7 Å². The van der Waals surface area contributed by atoms with E-state index >= 15 is 0 Å². The Labute approximate surface area is 242 Å². The van der Waals surface area contributed by atoms with Crippen molar-refractivity contribution in [2.75, 3.05) is 23.8 Å². The third kappa shape index (κ3) is 5.59. The van der Waals surface area contributed by atoms with Gasteiger partial charge in [0.15, 0.2) is 0 Å². The lowest BCUT2D eigenvalue weighted by atomic mass is 9.78. The summed E-state index contributed by atoms with van der Waals surface area (Å²) in [5.74, 6) is 3.35. The van der Waals surface area contributed by atoms with E-state index in [1.54, 1.807) is 6.92 Å². The molecule has 41 heavy (non-hydrogen) atoms. The van der Waals surface area contributed by atoms with Gasteiger partial charge in [-0.25, -0.2) is 4.98 Å². The van der Waals surface area contributed by atoms with Gasteiger partial charge in [0.05, 0.1) is 35.7 Å². The zero-order valence-electron chi connectivity index (χ0n) is 24.5. The molecule has 6 aliphatic rings. The van der Waals surface area contributed by atoms with Crippen LogP contribution in [0.15, 0.2) is 17.4 Å². The summed E-state index contributed by atoms with van der Waals surface area (Å²) in [6.07, 6.45) is 17.0. The highest BCUT2D eigenvalue weighted by molar-refractivity contribution is 6.05. The summed E-state index contributed by atoms with van der Waals surface area (Å²) < 4.78 is 7.55. The predicted octanol–water partition coefficient (Wildman–Crippen LogP) is 5.24. The summed E-state index contributed by atoms with van der Waals surface area (Å²) in [6, 6.07) is 1.82. The summed E-state index contributed by atoms with van der Waals surface area (Å²) in [7, 11) is 0. The van der Waals surface area contributed by atoms with Crippen LogP contribution in [-0.4, -0.2) is 67.6 Å². The fourth-order valence-electron chi connectivity index (χ4n) is 8.15. The fraction of sp³-hybridized carbons (Fsp3) is 0.710. The molecule has 0 aromatic carbocycles. The zero-order valence-corrected chi connectivity index (χ0v) is 24.5. The lowest BCUT2D eigenvalue weighted by molar-refractivity contribution is -0.142. The second kappa shape index (κ2) is 11.3. The van der Waals surface area contributed by atoms with Crippen LogP contribution in [0.4, 0.5) is 17.5 Å². The van der Waals surface area contributed by atoms with Gasteiger partial charge in [0.1, 0.15) is 5.82 Å². The standard InChI is InChI=1S/C31H44N8O2/c1-19-29-28(17-32-19)36-31(35-24-16-33-38(18-24)25-9-11-41-12-10-25)37-30(29)34-23-6-3-21(4-7-23)13-22-5-8-26-15-27(14-22)39(26)20(2)40/h16,18,21-23,25-27H,3-15,17H2,1-2H3,(H2,34,35,36,37). The van der Waals surface area contributed by atoms with Gasteiger partial charge in [-0.15, -0.1) is 0 Å². The average Bonchev–Trinajstić information content (AvgIpc) is 3.46. The number of fused-ring (bicyclic) bond motifs is 4. The summed E-state index contributed by atoms with van der Waals surface area (Å²) in [4.78, 5) is 28.7. The molecule has 2 bridgehead atoms. The fourth-order valence-corrected chi connectivity index (χ4v) is 8.15. The number of ether oxygens (including phenoxy) is 1. The molecule has 3 saturated heterocycles. The van der Waals surface area contributed by atoms with Crippen LogP contribution < -0.4 is 10.6 Å². The Morgan fingerprint density at radius 1 is 0.976 bits per heavy atom. The molecule has 8 rings (SSSR count). The smallest absolute Gasteiger partial charge is 0.229 e. The number of nitrogens with zero attached hydrogens (tertiary/aromatic N) is 6. The minimum absolute atomic E-state index is 0.276. The second-order valence-corrected chi connectivity index (χ2v) is 13.0. The number of rotatable bonds is 7. The number of aliphatic imine (C=N–C) groups is 1. The van der Waals surface area contributed by atoms with E-state index in [9.17, 15) is 4.79 Å². The van der Waals surface area contributed by atoms with Gasteiger partial charge in [0, 0.05) is 50.2 Å². The number of carbonyl (C=O) groups is 1. The minimum Gasteiger partial charge on any atom is -0.381 e. The first-order chi connectivity index (χ1) is 20.0. The summed E-state index contributed by atoms with van der Waals surface area (Å²) in [6.45, 7) is 5.99. The summed E-state index contributed by atoms with van der Waals surface area (Å²) in [5.41, 5.74) is 3.98. The number of amides is 1. The molecular weight excluding hydrogens is 516 g/mol. The quantitative estimate of drug-likeness (QED) is 0.477. The van der Waals surface area contributed by atoms with Crippen molar-refractivity contribution in [2.45, 2.75) is 115 Å². The largest absolute Gasteiger partial charge is 0.381 e. The van der Waals surface area contributed by atoms with Crippen LogP contribution >= 0.6 is 0 Å². The molecule has 2 saturated carbocycles. The van der Waals surface area contributed by atoms with Crippen molar-refractivity contribution >= 4 is 29.1 Å². The number of carbonyl (C=O) groups excluding carboxylic acids is 1. The zero-order chi connectivity index (χ0) is 27.9. The van der Waals surface area contributed by atoms with Crippen molar-refractivity contribution in [1.29, 1.82) is 0 Å². The first-order valence-electron chi connectivity index (χ1n) is 15.9. The number of hydrogen-bond donors (Lipinski definition) is 2. The molecule has 0 spiro atoms. The average molecular weight is 561 g/mol. The molecule has 4 aliphatic heterocycles. The minimum atomic E-state index is 0.276. The van der Waals surface area contributed by atoms with Crippen LogP contribution in [0, 0.1) is 11.8 Å². The van der Waals surface area contributed by atoms with Crippen molar-refractivity contribution in [3.63, 3.8) is 0 Å². The highest BCUT2D eigenvalue weighted by Gasteiger charge is 2.43. The molecule has 3 unspecified atom stereocenters. The van der Waals surface area contributed by atoms with E-state index < -0.39 is 0 Å². The molecule has 2 aliphatic carbocycles. The third-order valence-corrected chi connectivity index (χ3v) is 10.3. The first-order valence-corrected chi connectivity index (χ1v) is 15.9. The molecule has 2 aromatic rings. The maximum atomic E-state index is 12.0.